The second-order valence-corrected chi connectivity index (χ2v) is 7.10. The molecule has 1 aromatic rings. The van der Waals surface area contributed by atoms with Crippen molar-refractivity contribution in [1.82, 2.24) is 10.6 Å². The summed E-state index contributed by atoms with van der Waals surface area (Å²) in [6.45, 7) is 7.84. The fraction of sp³-hybridized carbons (Fsp3) is 0.556. The number of alkyl carbamates (subject to hydrolysis) is 1. The molecule has 0 bridgehead atoms. The molecule has 1 aliphatic rings. The lowest BCUT2D eigenvalue weighted by Gasteiger charge is -2.20. The Balaban J connectivity index is 1.65. The maximum atomic E-state index is 11.8. The van der Waals surface area contributed by atoms with Gasteiger partial charge in [-0.3, -0.25) is 4.79 Å². The van der Waals surface area contributed by atoms with Gasteiger partial charge in [-0.05, 0) is 45.2 Å². The van der Waals surface area contributed by atoms with Crippen LogP contribution in [0.4, 0.5) is 10.5 Å². The van der Waals surface area contributed by atoms with E-state index in [0.717, 1.165) is 19.5 Å². The topological polar surface area (TPSA) is 70.7 Å². The number of nitrogens with zero attached hydrogens (tertiary/aromatic N) is 1. The Hall–Kier alpha value is -2.24. The highest BCUT2D eigenvalue weighted by molar-refractivity contribution is 5.82. The zero-order valence-corrected chi connectivity index (χ0v) is 14.7. The van der Waals surface area contributed by atoms with Crippen molar-refractivity contribution in [3.63, 3.8) is 0 Å². The summed E-state index contributed by atoms with van der Waals surface area (Å²) < 4.78 is 5.09. The number of para-hydroxylation sites is 1. The number of benzene rings is 1. The fourth-order valence-electron chi connectivity index (χ4n) is 2.66. The van der Waals surface area contributed by atoms with E-state index in [-0.39, 0.29) is 12.5 Å². The summed E-state index contributed by atoms with van der Waals surface area (Å²) in [6, 6.07) is 10.3. The van der Waals surface area contributed by atoms with Gasteiger partial charge in [-0.1, -0.05) is 18.2 Å². The van der Waals surface area contributed by atoms with Gasteiger partial charge in [-0.15, -0.1) is 0 Å². The van der Waals surface area contributed by atoms with Gasteiger partial charge in [0.1, 0.15) is 5.60 Å². The number of amides is 2. The summed E-state index contributed by atoms with van der Waals surface area (Å²) in [4.78, 5) is 25.7. The maximum Gasteiger partial charge on any atom is 0.408 e. The third-order valence-corrected chi connectivity index (χ3v) is 3.79. The SMILES string of the molecule is CC(C)(C)OC(=O)NCC(=O)NCC1CCN(c2ccccc2)C1. The van der Waals surface area contributed by atoms with Crippen LogP contribution in [0.25, 0.3) is 0 Å². The van der Waals surface area contributed by atoms with Crippen LogP contribution in [0, 0.1) is 5.92 Å². The first kappa shape index (κ1) is 18.1. The normalized spacial score (nSPS) is 17.5. The van der Waals surface area contributed by atoms with E-state index >= 15 is 0 Å². The first-order valence-electron chi connectivity index (χ1n) is 8.37. The summed E-state index contributed by atoms with van der Waals surface area (Å²) in [5, 5.41) is 5.34. The predicted molar refractivity (Wildman–Crippen MR) is 94.0 cm³/mol. The number of ether oxygens (including phenoxy) is 1. The van der Waals surface area contributed by atoms with Crippen LogP contribution < -0.4 is 15.5 Å². The Morgan fingerprint density at radius 2 is 1.92 bits per heavy atom. The van der Waals surface area contributed by atoms with Crippen LogP contribution in [0.2, 0.25) is 0 Å². The molecule has 6 heteroatoms. The smallest absolute Gasteiger partial charge is 0.408 e. The van der Waals surface area contributed by atoms with Crippen LogP contribution in [0.15, 0.2) is 30.3 Å². The molecule has 24 heavy (non-hydrogen) atoms. The average molecular weight is 333 g/mol. The van der Waals surface area contributed by atoms with E-state index in [9.17, 15) is 9.59 Å². The second-order valence-electron chi connectivity index (χ2n) is 7.10. The first-order valence-corrected chi connectivity index (χ1v) is 8.37. The molecular weight excluding hydrogens is 306 g/mol. The van der Waals surface area contributed by atoms with E-state index in [2.05, 4.69) is 27.7 Å². The number of hydrogen-bond donors (Lipinski definition) is 2. The quantitative estimate of drug-likeness (QED) is 0.866. The molecule has 132 valence electrons. The van der Waals surface area contributed by atoms with Crippen molar-refractivity contribution in [2.45, 2.75) is 32.8 Å². The minimum absolute atomic E-state index is 0.0654. The van der Waals surface area contributed by atoms with Crippen molar-refractivity contribution < 1.29 is 14.3 Å². The van der Waals surface area contributed by atoms with Crippen LogP contribution in [-0.2, 0) is 9.53 Å². The number of anilines is 1. The van der Waals surface area contributed by atoms with Gasteiger partial charge >= 0.3 is 6.09 Å². The van der Waals surface area contributed by atoms with Gasteiger partial charge in [0, 0.05) is 25.3 Å². The van der Waals surface area contributed by atoms with Crippen LogP contribution in [0.5, 0.6) is 0 Å². The van der Waals surface area contributed by atoms with E-state index in [1.807, 2.05) is 18.2 Å². The van der Waals surface area contributed by atoms with Crippen LogP contribution in [-0.4, -0.2) is 43.8 Å². The Bertz CT molecular complexity index is 554. The number of carbonyl (C=O) groups excluding carboxylic acids is 2. The molecule has 0 radical (unpaired) electrons. The Kier molecular flexibility index (Phi) is 6.06. The van der Waals surface area contributed by atoms with Gasteiger partial charge in [0.2, 0.25) is 5.91 Å². The largest absolute Gasteiger partial charge is 0.444 e. The molecule has 1 fully saturated rings. The molecule has 1 atom stereocenters. The van der Waals surface area contributed by atoms with Crippen molar-refractivity contribution in [3.05, 3.63) is 30.3 Å². The average Bonchev–Trinajstić information content (AvgIpc) is 2.99. The molecule has 1 saturated heterocycles. The molecular formula is C18H27N3O3. The molecule has 2 amide bonds. The zero-order valence-electron chi connectivity index (χ0n) is 14.7. The number of carbonyl (C=O) groups is 2. The molecule has 1 aromatic carbocycles. The summed E-state index contributed by atoms with van der Waals surface area (Å²) in [6.07, 6.45) is 0.475. The minimum atomic E-state index is -0.575. The van der Waals surface area contributed by atoms with E-state index < -0.39 is 11.7 Å². The molecule has 0 spiro atoms. The second kappa shape index (κ2) is 8.04. The summed E-state index contributed by atoms with van der Waals surface area (Å²) in [5.41, 5.74) is 0.656. The molecule has 2 rings (SSSR count). The van der Waals surface area contributed by atoms with E-state index in [0.29, 0.717) is 12.5 Å². The van der Waals surface area contributed by atoms with Crippen LogP contribution >= 0.6 is 0 Å². The zero-order chi connectivity index (χ0) is 17.6. The number of rotatable bonds is 5. The van der Waals surface area contributed by atoms with E-state index in [1.165, 1.54) is 5.69 Å². The number of hydrogen-bond acceptors (Lipinski definition) is 4. The van der Waals surface area contributed by atoms with Crippen molar-refractivity contribution >= 4 is 17.7 Å². The molecule has 2 N–H and O–H groups in total. The molecule has 1 heterocycles. The lowest BCUT2D eigenvalue weighted by atomic mass is 10.1. The summed E-state index contributed by atoms with van der Waals surface area (Å²) in [5.74, 6) is 0.231. The Morgan fingerprint density at radius 1 is 1.21 bits per heavy atom. The van der Waals surface area contributed by atoms with E-state index in [1.54, 1.807) is 20.8 Å². The maximum absolute atomic E-state index is 11.8. The standard InChI is InChI=1S/C18H27N3O3/c1-18(2,3)24-17(23)20-12-16(22)19-11-14-9-10-21(13-14)15-7-5-4-6-8-15/h4-8,14H,9-13H2,1-3H3,(H,19,22)(H,20,23). The molecule has 6 nitrogen and oxygen atoms in total. The predicted octanol–water partition coefficient (Wildman–Crippen LogP) is 2.15. The Labute approximate surface area is 143 Å². The van der Waals surface area contributed by atoms with Gasteiger partial charge in [0.05, 0.1) is 6.54 Å². The van der Waals surface area contributed by atoms with Gasteiger partial charge < -0.3 is 20.3 Å². The van der Waals surface area contributed by atoms with Crippen molar-refractivity contribution in [2.75, 3.05) is 31.1 Å². The number of nitrogens with one attached hydrogen (secondary N) is 2. The third-order valence-electron chi connectivity index (χ3n) is 3.79. The van der Waals surface area contributed by atoms with Crippen LogP contribution in [0.3, 0.4) is 0 Å². The van der Waals surface area contributed by atoms with Gasteiger partial charge in [0.25, 0.3) is 0 Å². The van der Waals surface area contributed by atoms with E-state index in [4.69, 9.17) is 4.74 Å². The third kappa shape index (κ3) is 6.10. The molecule has 0 aliphatic carbocycles. The minimum Gasteiger partial charge on any atom is -0.444 e. The van der Waals surface area contributed by atoms with Gasteiger partial charge in [0.15, 0.2) is 0 Å². The molecule has 0 saturated carbocycles. The highest BCUT2D eigenvalue weighted by Crippen LogP contribution is 2.22. The van der Waals surface area contributed by atoms with Gasteiger partial charge in [-0.2, -0.15) is 0 Å². The molecule has 0 aromatic heterocycles. The lowest BCUT2D eigenvalue weighted by molar-refractivity contribution is -0.120. The highest BCUT2D eigenvalue weighted by Gasteiger charge is 2.23. The summed E-state index contributed by atoms with van der Waals surface area (Å²) in [7, 11) is 0. The monoisotopic (exact) mass is 333 g/mol. The van der Waals surface area contributed by atoms with Crippen LogP contribution in [0.1, 0.15) is 27.2 Å². The first-order chi connectivity index (χ1) is 11.3. The lowest BCUT2D eigenvalue weighted by Crippen LogP contribution is -2.41. The molecule has 1 unspecified atom stereocenters. The van der Waals surface area contributed by atoms with Gasteiger partial charge in [-0.25, -0.2) is 4.79 Å². The fourth-order valence-corrected chi connectivity index (χ4v) is 2.66. The summed E-state index contributed by atoms with van der Waals surface area (Å²) >= 11 is 0. The molecule has 1 aliphatic heterocycles. The highest BCUT2D eigenvalue weighted by atomic mass is 16.6. The Morgan fingerprint density at radius 3 is 2.58 bits per heavy atom. The van der Waals surface area contributed by atoms with Crippen molar-refractivity contribution in [3.8, 4) is 0 Å². The van der Waals surface area contributed by atoms with Crippen molar-refractivity contribution in [1.29, 1.82) is 0 Å². The van der Waals surface area contributed by atoms with Crippen molar-refractivity contribution in [2.24, 2.45) is 5.92 Å².